The molecule has 1 aromatic carbocycles. The molecule has 16 heavy (non-hydrogen) atoms. The van der Waals surface area contributed by atoms with Gasteiger partial charge in [-0.2, -0.15) is 15.4 Å². The lowest BCUT2D eigenvalue weighted by atomic mass is 10.0. The second kappa shape index (κ2) is 4.71. The summed E-state index contributed by atoms with van der Waals surface area (Å²) in [6.07, 6.45) is 1.57. The van der Waals surface area contributed by atoms with Crippen molar-refractivity contribution in [1.29, 1.82) is 0 Å². The molecule has 0 fully saturated rings. The third-order valence-corrected chi connectivity index (χ3v) is 2.78. The van der Waals surface area contributed by atoms with Crippen LogP contribution >= 0.6 is 15.9 Å². The maximum Gasteiger partial charge on any atom is 0.128 e. The normalized spacial score (nSPS) is 12.7. The fourth-order valence-corrected chi connectivity index (χ4v) is 1.93. The van der Waals surface area contributed by atoms with E-state index in [0.717, 1.165) is 4.47 Å². The molecule has 1 atom stereocenters. The molecule has 0 aliphatic carbocycles. The largest absolute Gasteiger partial charge is 0.308 e. The molecular weight excluding hydrogens is 275 g/mol. The SMILES string of the molecule is CNC(c1cn[nH]n1)c1cc(Br)ccc1F. The maximum atomic E-state index is 13.7. The fraction of sp³-hybridized carbons (Fsp3) is 0.200. The van der Waals surface area contributed by atoms with Crippen molar-refractivity contribution in [2.75, 3.05) is 7.05 Å². The molecule has 1 aromatic heterocycles. The molecule has 4 nitrogen and oxygen atoms in total. The summed E-state index contributed by atoms with van der Waals surface area (Å²) in [5, 5.41) is 13.2. The number of halogens is 2. The number of rotatable bonds is 3. The Hall–Kier alpha value is -1.27. The Kier molecular flexibility index (Phi) is 3.31. The molecule has 0 amide bonds. The third kappa shape index (κ3) is 2.12. The number of nitrogens with one attached hydrogen (secondary N) is 2. The summed E-state index contributed by atoms with van der Waals surface area (Å²) in [4.78, 5) is 0. The zero-order valence-corrected chi connectivity index (χ0v) is 10.1. The molecule has 2 aromatic rings. The smallest absolute Gasteiger partial charge is 0.128 e. The predicted molar refractivity (Wildman–Crippen MR) is 61.4 cm³/mol. The second-order valence-electron chi connectivity index (χ2n) is 3.28. The average Bonchev–Trinajstić information content (AvgIpc) is 2.78. The molecule has 84 valence electrons. The van der Waals surface area contributed by atoms with Crippen LogP contribution in [0.3, 0.4) is 0 Å². The summed E-state index contributed by atoms with van der Waals surface area (Å²) in [6, 6.07) is 4.50. The van der Waals surface area contributed by atoms with E-state index < -0.39 is 0 Å². The fourth-order valence-electron chi connectivity index (χ4n) is 1.55. The van der Waals surface area contributed by atoms with Crippen molar-refractivity contribution < 1.29 is 4.39 Å². The Morgan fingerprint density at radius 2 is 2.31 bits per heavy atom. The van der Waals surface area contributed by atoms with Crippen LogP contribution in [0.15, 0.2) is 28.9 Å². The Balaban J connectivity index is 2.44. The van der Waals surface area contributed by atoms with Gasteiger partial charge in [-0.15, -0.1) is 0 Å². The first kappa shape index (κ1) is 11.2. The molecule has 0 bridgehead atoms. The second-order valence-corrected chi connectivity index (χ2v) is 4.20. The Morgan fingerprint density at radius 3 is 2.94 bits per heavy atom. The number of H-pyrrole nitrogens is 1. The van der Waals surface area contributed by atoms with E-state index in [0.29, 0.717) is 11.3 Å². The van der Waals surface area contributed by atoms with Crippen molar-refractivity contribution in [2.24, 2.45) is 0 Å². The molecule has 0 radical (unpaired) electrons. The number of nitrogens with zero attached hydrogens (tertiary/aromatic N) is 2. The third-order valence-electron chi connectivity index (χ3n) is 2.29. The van der Waals surface area contributed by atoms with Crippen molar-refractivity contribution in [3.8, 4) is 0 Å². The van der Waals surface area contributed by atoms with Gasteiger partial charge in [0.2, 0.25) is 0 Å². The van der Waals surface area contributed by atoms with E-state index >= 15 is 0 Å². The highest BCUT2D eigenvalue weighted by Gasteiger charge is 2.18. The number of aromatic amines is 1. The van der Waals surface area contributed by atoms with Crippen LogP contribution in [0.4, 0.5) is 4.39 Å². The van der Waals surface area contributed by atoms with Crippen molar-refractivity contribution in [3.05, 3.63) is 45.9 Å². The standard InChI is InChI=1S/C10H10BrFN4/c1-13-10(9-5-14-16-15-9)7-4-6(11)2-3-8(7)12/h2-5,10,13H,1H3,(H,14,15,16). The Morgan fingerprint density at radius 1 is 1.50 bits per heavy atom. The first-order valence-corrected chi connectivity index (χ1v) is 5.49. The van der Waals surface area contributed by atoms with Crippen LogP contribution in [0.2, 0.25) is 0 Å². The molecule has 0 spiro atoms. The minimum Gasteiger partial charge on any atom is -0.308 e. The average molecular weight is 285 g/mol. The molecule has 0 aliphatic rings. The summed E-state index contributed by atoms with van der Waals surface area (Å²) < 4.78 is 14.5. The van der Waals surface area contributed by atoms with Crippen molar-refractivity contribution in [2.45, 2.75) is 6.04 Å². The van der Waals surface area contributed by atoms with Gasteiger partial charge in [-0.05, 0) is 25.2 Å². The van der Waals surface area contributed by atoms with Gasteiger partial charge in [-0.3, -0.25) is 0 Å². The topological polar surface area (TPSA) is 53.6 Å². The van der Waals surface area contributed by atoms with Gasteiger partial charge in [-0.25, -0.2) is 4.39 Å². The Labute approximate surface area is 100 Å². The van der Waals surface area contributed by atoms with Gasteiger partial charge in [-0.1, -0.05) is 15.9 Å². The van der Waals surface area contributed by atoms with Crippen LogP contribution < -0.4 is 5.32 Å². The predicted octanol–water partition coefficient (Wildman–Crippen LogP) is 2.02. The summed E-state index contributed by atoms with van der Waals surface area (Å²) in [7, 11) is 1.75. The van der Waals surface area contributed by atoms with Gasteiger partial charge >= 0.3 is 0 Å². The van der Waals surface area contributed by atoms with Crippen LogP contribution in [0, 0.1) is 5.82 Å². The molecule has 0 saturated heterocycles. The van der Waals surface area contributed by atoms with Crippen LogP contribution in [-0.2, 0) is 0 Å². The summed E-state index contributed by atoms with van der Waals surface area (Å²) >= 11 is 3.32. The Bertz CT molecular complexity index is 472. The van der Waals surface area contributed by atoms with Crippen LogP contribution in [0.1, 0.15) is 17.3 Å². The number of benzene rings is 1. The van der Waals surface area contributed by atoms with Crippen molar-refractivity contribution in [1.82, 2.24) is 20.7 Å². The lowest BCUT2D eigenvalue weighted by molar-refractivity contribution is 0.569. The summed E-state index contributed by atoms with van der Waals surface area (Å²) in [5.74, 6) is -0.273. The van der Waals surface area contributed by atoms with Gasteiger partial charge in [0.15, 0.2) is 0 Å². The first-order valence-electron chi connectivity index (χ1n) is 4.70. The van der Waals surface area contributed by atoms with E-state index in [2.05, 4.69) is 36.7 Å². The van der Waals surface area contributed by atoms with E-state index in [4.69, 9.17) is 0 Å². The summed E-state index contributed by atoms with van der Waals surface area (Å²) in [6.45, 7) is 0. The van der Waals surface area contributed by atoms with Gasteiger partial charge in [0, 0.05) is 10.0 Å². The summed E-state index contributed by atoms with van der Waals surface area (Å²) in [5.41, 5.74) is 1.19. The first-order chi connectivity index (χ1) is 7.72. The molecule has 2 rings (SSSR count). The van der Waals surface area contributed by atoms with Crippen LogP contribution in [-0.4, -0.2) is 22.5 Å². The molecule has 0 aliphatic heterocycles. The zero-order valence-electron chi connectivity index (χ0n) is 8.54. The molecular formula is C10H10BrFN4. The van der Waals surface area contributed by atoms with Gasteiger partial charge in [0.25, 0.3) is 0 Å². The van der Waals surface area contributed by atoms with E-state index in [9.17, 15) is 4.39 Å². The minimum atomic E-state index is -0.309. The quantitative estimate of drug-likeness (QED) is 0.907. The highest BCUT2D eigenvalue weighted by atomic mass is 79.9. The van der Waals surface area contributed by atoms with Gasteiger partial charge < -0.3 is 5.32 Å². The van der Waals surface area contributed by atoms with Crippen LogP contribution in [0.5, 0.6) is 0 Å². The van der Waals surface area contributed by atoms with E-state index in [1.54, 1.807) is 25.4 Å². The molecule has 1 heterocycles. The molecule has 2 N–H and O–H groups in total. The van der Waals surface area contributed by atoms with Crippen molar-refractivity contribution >= 4 is 15.9 Å². The van der Waals surface area contributed by atoms with E-state index in [-0.39, 0.29) is 11.9 Å². The number of hydrogen-bond acceptors (Lipinski definition) is 3. The van der Waals surface area contributed by atoms with E-state index in [1.807, 2.05) is 0 Å². The van der Waals surface area contributed by atoms with Gasteiger partial charge in [0.1, 0.15) is 11.5 Å². The van der Waals surface area contributed by atoms with E-state index in [1.165, 1.54) is 6.07 Å². The van der Waals surface area contributed by atoms with Crippen LogP contribution in [0.25, 0.3) is 0 Å². The number of hydrogen-bond donors (Lipinski definition) is 2. The highest BCUT2D eigenvalue weighted by Crippen LogP contribution is 2.25. The zero-order chi connectivity index (χ0) is 11.5. The molecule has 0 saturated carbocycles. The minimum absolute atomic E-state index is 0.273. The lowest BCUT2D eigenvalue weighted by Crippen LogP contribution is -2.19. The maximum absolute atomic E-state index is 13.7. The monoisotopic (exact) mass is 284 g/mol. The molecule has 1 unspecified atom stereocenters. The van der Waals surface area contributed by atoms with Crippen molar-refractivity contribution in [3.63, 3.8) is 0 Å². The van der Waals surface area contributed by atoms with Gasteiger partial charge in [0.05, 0.1) is 12.2 Å². The molecule has 6 heteroatoms. The highest BCUT2D eigenvalue weighted by molar-refractivity contribution is 9.10. The number of aromatic nitrogens is 3. The lowest BCUT2D eigenvalue weighted by Gasteiger charge is -2.14.